The van der Waals surface area contributed by atoms with Gasteiger partial charge in [-0.2, -0.15) is 4.31 Å². The van der Waals surface area contributed by atoms with E-state index < -0.39 is 20.6 Å². The maximum absolute atomic E-state index is 12.6. The number of carbonyl (C=O) groups excluding carboxylic acids is 1. The first-order chi connectivity index (χ1) is 10.9. The molecule has 1 saturated heterocycles. The van der Waals surface area contributed by atoms with Crippen molar-refractivity contribution in [2.75, 3.05) is 39.8 Å². The van der Waals surface area contributed by atoms with Crippen molar-refractivity contribution < 1.29 is 18.1 Å². The Morgan fingerprint density at radius 1 is 1.26 bits per heavy atom. The van der Waals surface area contributed by atoms with Gasteiger partial charge in [-0.05, 0) is 13.1 Å². The van der Waals surface area contributed by atoms with Crippen LogP contribution < -0.4 is 5.32 Å². The summed E-state index contributed by atoms with van der Waals surface area (Å²) in [5, 5.41) is 13.8. The molecule has 9 nitrogen and oxygen atoms in total. The molecule has 1 aromatic rings. The van der Waals surface area contributed by atoms with Crippen LogP contribution in [0.2, 0.25) is 0 Å². The minimum Gasteiger partial charge on any atom is -0.339 e. The summed E-state index contributed by atoms with van der Waals surface area (Å²) in [6.07, 6.45) is 0. The fourth-order valence-corrected chi connectivity index (χ4v) is 3.99. The monoisotopic (exact) mass is 342 g/mol. The van der Waals surface area contributed by atoms with Crippen molar-refractivity contribution in [3.05, 3.63) is 34.4 Å². The molecule has 1 heterocycles. The van der Waals surface area contributed by atoms with Crippen LogP contribution in [0.5, 0.6) is 0 Å². The zero-order chi connectivity index (χ0) is 17.0. The summed E-state index contributed by atoms with van der Waals surface area (Å²) in [5.74, 6) is -0.102. The molecule has 1 aromatic carbocycles. The lowest BCUT2D eigenvalue weighted by Crippen LogP contribution is -2.52. The van der Waals surface area contributed by atoms with Gasteiger partial charge in [0.25, 0.3) is 5.69 Å². The first-order valence-corrected chi connectivity index (χ1v) is 8.48. The van der Waals surface area contributed by atoms with Gasteiger partial charge in [0.15, 0.2) is 4.90 Å². The molecule has 1 aliphatic heterocycles. The van der Waals surface area contributed by atoms with Gasteiger partial charge >= 0.3 is 0 Å². The molecule has 0 bridgehead atoms. The smallest absolute Gasteiger partial charge is 0.289 e. The Morgan fingerprint density at radius 2 is 1.87 bits per heavy atom. The first kappa shape index (κ1) is 17.3. The Labute approximate surface area is 134 Å². The summed E-state index contributed by atoms with van der Waals surface area (Å²) in [6, 6.07) is 5.27. The molecular weight excluding hydrogens is 324 g/mol. The number of likely N-dealkylation sites (N-methyl/N-ethyl adjacent to an activating group) is 1. The van der Waals surface area contributed by atoms with Gasteiger partial charge < -0.3 is 10.2 Å². The van der Waals surface area contributed by atoms with Crippen LogP contribution in [0.25, 0.3) is 0 Å². The number of nitrogens with zero attached hydrogens (tertiary/aromatic N) is 3. The summed E-state index contributed by atoms with van der Waals surface area (Å²) in [5.41, 5.74) is -0.443. The molecule has 0 unspecified atom stereocenters. The molecule has 0 atom stereocenters. The quantitative estimate of drug-likeness (QED) is 0.578. The van der Waals surface area contributed by atoms with Crippen LogP contribution in [0.1, 0.15) is 0 Å². The molecule has 0 saturated carbocycles. The fraction of sp³-hybridized carbons (Fsp3) is 0.462. The summed E-state index contributed by atoms with van der Waals surface area (Å²) in [4.78, 5) is 23.3. The van der Waals surface area contributed by atoms with E-state index in [4.69, 9.17) is 0 Å². The number of carbonyl (C=O) groups is 1. The lowest BCUT2D eigenvalue weighted by Gasteiger charge is -2.33. The molecule has 10 heteroatoms. The van der Waals surface area contributed by atoms with E-state index in [9.17, 15) is 23.3 Å². The maximum Gasteiger partial charge on any atom is 0.289 e. The first-order valence-electron chi connectivity index (χ1n) is 7.04. The molecule has 1 aliphatic rings. The molecule has 1 fully saturated rings. The number of hydrogen-bond donors (Lipinski definition) is 1. The fourth-order valence-electron chi connectivity index (χ4n) is 2.41. The van der Waals surface area contributed by atoms with E-state index in [0.29, 0.717) is 0 Å². The van der Waals surface area contributed by atoms with E-state index in [1.165, 1.54) is 28.6 Å². The van der Waals surface area contributed by atoms with Gasteiger partial charge in [-0.3, -0.25) is 14.9 Å². The van der Waals surface area contributed by atoms with Crippen molar-refractivity contribution in [1.82, 2.24) is 14.5 Å². The summed E-state index contributed by atoms with van der Waals surface area (Å²) in [7, 11) is -2.30. The third kappa shape index (κ3) is 3.66. The maximum atomic E-state index is 12.6. The number of para-hydroxylation sites is 1. The van der Waals surface area contributed by atoms with Crippen LogP contribution in [0.15, 0.2) is 29.2 Å². The predicted molar refractivity (Wildman–Crippen MR) is 82.4 cm³/mol. The van der Waals surface area contributed by atoms with Gasteiger partial charge in [-0.15, -0.1) is 0 Å². The molecule has 126 valence electrons. The SMILES string of the molecule is CNCC(=O)N1CCN(S(=O)(=O)c2ccccc2[N+](=O)[O-])CC1. The predicted octanol–water partition coefficient (Wildman–Crippen LogP) is -0.353. The van der Waals surface area contributed by atoms with E-state index in [1.54, 1.807) is 11.9 Å². The zero-order valence-electron chi connectivity index (χ0n) is 12.6. The Balaban J connectivity index is 2.17. The topological polar surface area (TPSA) is 113 Å². The minimum atomic E-state index is -3.96. The van der Waals surface area contributed by atoms with Crippen LogP contribution in [0, 0.1) is 10.1 Å². The number of rotatable bonds is 5. The molecule has 1 amide bonds. The van der Waals surface area contributed by atoms with Crippen molar-refractivity contribution >= 4 is 21.6 Å². The highest BCUT2D eigenvalue weighted by Crippen LogP contribution is 2.26. The lowest BCUT2D eigenvalue weighted by atomic mass is 10.3. The number of nitro benzene ring substituents is 1. The van der Waals surface area contributed by atoms with E-state index in [1.807, 2.05) is 0 Å². The van der Waals surface area contributed by atoms with Crippen molar-refractivity contribution in [3.63, 3.8) is 0 Å². The van der Waals surface area contributed by atoms with Crippen molar-refractivity contribution in [2.24, 2.45) is 0 Å². The molecule has 2 rings (SSSR count). The van der Waals surface area contributed by atoms with Gasteiger partial charge in [0, 0.05) is 32.2 Å². The number of piperazine rings is 1. The standard InChI is InChI=1S/C13H18N4O5S/c1-14-10-13(18)15-6-8-16(9-7-15)23(21,22)12-5-3-2-4-11(12)17(19)20/h2-5,14H,6-10H2,1H3. The second-order valence-electron chi connectivity index (χ2n) is 5.04. The number of benzene rings is 1. The van der Waals surface area contributed by atoms with Crippen LogP contribution in [-0.4, -0.2) is 68.2 Å². The van der Waals surface area contributed by atoms with Crippen molar-refractivity contribution in [3.8, 4) is 0 Å². The number of nitrogens with one attached hydrogen (secondary N) is 1. The third-order valence-electron chi connectivity index (χ3n) is 3.60. The number of hydrogen-bond acceptors (Lipinski definition) is 6. The molecule has 0 radical (unpaired) electrons. The normalized spacial score (nSPS) is 16.3. The van der Waals surface area contributed by atoms with E-state index >= 15 is 0 Å². The van der Waals surface area contributed by atoms with Crippen molar-refractivity contribution in [1.29, 1.82) is 0 Å². The molecule has 0 aliphatic carbocycles. The summed E-state index contributed by atoms with van der Waals surface area (Å²) >= 11 is 0. The van der Waals surface area contributed by atoms with E-state index in [-0.39, 0.29) is 43.5 Å². The second kappa shape index (κ2) is 7.02. The van der Waals surface area contributed by atoms with Gasteiger partial charge in [0.05, 0.1) is 11.5 Å². The van der Waals surface area contributed by atoms with Crippen LogP contribution in [0.3, 0.4) is 0 Å². The lowest BCUT2D eigenvalue weighted by molar-refractivity contribution is -0.387. The zero-order valence-corrected chi connectivity index (χ0v) is 13.5. The molecule has 0 spiro atoms. The van der Waals surface area contributed by atoms with Gasteiger partial charge in [0.1, 0.15) is 0 Å². The Kier molecular flexibility index (Phi) is 5.29. The number of nitro groups is 1. The highest BCUT2D eigenvalue weighted by molar-refractivity contribution is 7.89. The van der Waals surface area contributed by atoms with Crippen LogP contribution >= 0.6 is 0 Å². The number of amides is 1. The Hall–Kier alpha value is -2.04. The van der Waals surface area contributed by atoms with Crippen molar-refractivity contribution in [2.45, 2.75) is 4.90 Å². The summed E-state index contributed by atoms with van der Waals surface area (Å²) < 4.78 is 26.4. The highest BCUT2D eigenvalue weighted by Gasteiger charge is 2.34. The molecular formula is C13H18N4O5S. The average Bonchev–Trinajstić information content (AvgIpc) is 2.55. The van der Waals surface area contributed by atoms with Crippen LogP contribution in [-0.2, 0) is 14.8 Å². The van der Waals surface area contributed by atoms with Gasteiger partial charge in [0.2, 0.25) is 15.9 Å². The van der Waals surface area contributed by atoms with E-state index in [2.05, 4.69) is 5.32 Å². The minimum absolute atomic E-state index is 0.102. The van der Waals surface area contributed by atoms with E-state index in [0.717, 1.165) is 0 Å². The molecule has 1 N–H and O–H groups in total. The molecule has 23 heavy (non-hydrogen) atoms. The van der Waals surface area contributed by atoms with Gasteiger partial charge in [-0.1, -0.05) is 12.1 Å². The largest absolute Gasteiger partial charge is 0.339 e. The Bertz CT molecular complexity index is 698. The summed E-state index contributed by atoms with van der Waals surface area (Å²) in [6.45, 7) is 0.950. The molecule has 0 aromatic heterocycles. The average molecular weight is 342 g/mol. The third-order valence-corrected chi connectivity index (χ3v) is 5.55. The second-order valence-corrected chi connectivity index (χ2v) is 6.95. The van der Waals surface area contributed by atoms with Gasteiger partial charge in [-0.25, -0.2) is 8.42 Å². The Morgan fingerprint density at radius 3 is 2.43 bits per heavy atom. The number of sulfonamides is 1. The van der Waals surface area contributed by atoms with Crippen LogP contribution in [0.4, 0.5) is 5.69 Å². The highest BCUT2D eigenvalue weighted by atomic mass is 32.2.